The first kappa shape index (κ1) is 7.56. The van der Waals surface area contributed by atoms with Crippen molar-refractivity contribution in [2.75, 3.05) is 12.4 Å². The van der Waals surface area contributed by atoms with Crippen LogP contribution < -0.4 is 11.1 Å². The highest BCUT2D eigenvalue weighted by molar-refractivity contribution is 6.17. The molecule has 0 spiro atoms. The third kappa shape index (κ3) is 5.56. The number of hydrogen-bond donors (Lipinski definition) is 3. The van der Waals surface area contributed by atoms with Crippen LogP contribution in [-0.2, 0) is 0 Å². The highest BCUT2D eigenvalue weighted by Gasteiger charge is 1.83. The average Bonchev–Trinajstić information content (AvgIpc) is 1.66. The number of nitrogens with one attached hydrogen (secondary N) is 2. The van der Waals surface area contributed by atoms with Crippen LogP contribution in [0.4, 0.5) is 0 Å². The summed E-state index contributed by atoms with van der Waals surface area (Å²) in [5.41, 5.74) is 4.96. The molecule has 0 aliphatic rings. The van der Waals surface area contributed by atoms with Crippen molar-refractivity contribution in [1.82, 2.24) is 5.32 Å². The van der Waals surface area contributed by atoms with Crippen LogP contribution in [0.5, 0.6) is 0 Å². The molecule has 4 heteroatoms. The minimum atomic E-state index is 0.00937. The number of rotatable bonds is 3. The van der Waals surface area contributed by atoms with Crippen molar-refractivity contribution in [3.05, 3.63) is 0 Å². The van der Waals surface area contributed by atoms with Gasteiger partial charge in [-0.2, -0.15) is 0 Å². The van der Waals surface area contributed by atoms with E-state index in [1.807, 2.05) is 0 Å². The van der Waals surface area contributed by atoms with Gasteiger partial charge in [-0.1, -0.05) is 0 Å². The summed E-state index contributed by atoms with van der Waals surface area (Å²) in [5.74, 6) is 0.621. The van der Waals surface area contributed by atoms with Gasteiger partial charge >= 0.3 is 0 Å². The van der Waals surface area contributed by atoms with E-state index in [1.54, 1.807) is 0 Å². The van der Waals surface area contributed by atoms with Crippen molar-refractivity contribution in [2.45, 2.75) is 6.42 Å². The molecular weight excluding hydrogens is 126 g/mol. The lowest BCUT2D eigenvalue weighted by Crippen LogP contribution is -2.31. The fourth-order valence-electron chi connectivity index (χ4n) is 0.290. The average molecular weight is 136 g/mol. The zero-order chi connectivity index (χ0) is 6.41. The van der Waals surface area contributed by atoms with Gasteiger partial charge in [0.15, 0.2) is 5.96 Å². The van der Waals surface area contributed by atoms with Gasteiger partial charge in [0.05, 0.1) is 0 Å². The molecule has 4 N–H and O–H groups in total. The Labute approximate surface area is 53.7 Å². The highest BCUT2D eigenvalue weighted by Crippen LogP contribution is 1.78. The van der Waals surface area contributed by atoms with Gasteiger partial charge in [-0.3, -0.25) is 5.41 Å². The maximum atomic E-state index is 6.70. The summed E-state index contributed by atoms with van der Waals surface area (Å²) in [4.78, 5) is 0. The van der Waals surface area contributed by atoms with Gasteiger partial charge in [0, 0.05) is 12.4 Å². The summed E-state index contributed by atoms with van der Waals surface area (Å²) >= 11 is 5.33. The minimum Gasteiger partial charge on any atom is -0.370 e. The van der Waals surface area contributed by atoms with E-state index in [0.29, 0.717) is 12.4 Å². The number of halogens is 1. The molecule has 3 nitrogen and oxygen atoms in total. The van der Waals surface area contributed by atoms with Crippen LogP contribution in [0.3, 0.4) is 0 Å². The van der Waals surface area contributed by atoms with E-state index < -0.39 is 0 Å². The van der Waals surface area contributed by atoms with Gasteiger partial charge in [-0.15, -0.1) is 11.6 Å². The molecule has 8 heavy (non-hydrogen) atoms. The largest absolute Gasteiger partial charge is 0.370 e. The van der Waals surface area contributed by atoms with Crippen LogP contribution in [0.15, 0.2) is 0 Å². The highest BCUT2D eigenvalue weighted by atomic mass is 35.5. The fourth-order valence-corrected chi connectivity index (χ4v) is 0.424. The fraction of sp³-hybridized carbons (Fsp3) is 0.750. The van der Waals surface area contributed by atoms with Gasteiger partial charge in [0.2, 0.25) is 0 Å². The summed E-state index contributed by atoms with van der Waals surface area (Å²) in [7, 11) is 0. The number of alkyl halides is 1. The normalized spacial score (nSPS) is 8.62. The first-order chi connectivity index (χ1) is 3.77. The molecule has 0 aromatic heterocycles. The monoisotopic (exact) mass is 135 g/mol. The quantitative estimate of drug-likeness (QED) is 0.223. The Balaban J connectivity index is 2.82. The van der Waals surface area contributed by atoms with Crippen LogP contribution >= 0.6 is 11.6 Å². The van der Waals surface area contributed by atoms with Crippen LogP contribution in [0.2, 0.25) is 0 Å². The maximum absolute atomic E-state index is 6.70. The molecule has 0 radical (unpaired) electrons. The SMILES string of the molecule is N=C(N)NCCCCl. The maximum Gasteiger partial charge on any atom is 0.185 e. The molecule has 0 saturated heterocycles. The first-order valence-electron chi connectivity index (χ1n) is 2.41. The third-order valence-electron chi connectivity index (χ3n) is 0.626. The van der Waals surface area contributed by atoms with Crippen LogP contribution in [-0.4, -0.2) is 18.4 Å². The molecular formula is C4H10ClN3. The van der Waals surface area contributed by atoms with Gasteiger partial charge in [0.1, 0.15) is 0 Å². The molecule has 0 bridgehead atoms. The van der Waals surface area contributed by atoms with E-state index >= 15 is 0 Å². The topological polar surface area (TPSA) is 61.9 Å². The van der Waals surface area contributed by atoms with Gasteiger partial charge in [0.25, 0.3) is 0 Å². The van der Waals surface area contributed by atoms with Crippen molar-refractivity contribution in [2.24, 2.45) is 5.73 Å². The predicted molar refractivity (Wildman–Crippen MR) is 35.3 cm³/mol. The summed E-state index contributed by atoms with van der Waals surface area (Å²) in [6, 6.07) is 0. The zero-order valence-electron chi connectivity index (χ0n) is 4.58. The molecule has 0 amide bonds. The second-order valence-electron chi connectivity index (χ2n) is 1.38. The van der Waals surface area contributed by atoms with E-state index in [0.717, 1.165) is 6.42 Å². The molecule has 48 valence electrons. The summed E-state index contributed by atoms with van der Waals surface area (Å²) in [5, 5.41) is 9.32. The Morgan fingerprint density at radius 2 is 2.38 bits per heavy atom. The zero-order valence-corrected chi connectivity index (χ0v) is 5.33. The van der Waals surface area contributed by atoms with Crippen LogP contribution in [0.25, 0.3) is 0 Å². The van der Waals surface area contributed by atoms with Crippen LogP contribution in [0, 0.1) is 5.41 Å². The first-order valence-corrected chi connectivity index (χ1v) is 2.94. The molecule has 0 aliphatic carbocycles. The molecule has 0 heterocycles. The molecule has 0 aliphatic heterocycles. The smallest absolute Gasteiger partial charge is 0.185 e. The van der Waals surface area contributed by atoms with E-state index in [9.17, 15) is 0 Å². The number of hydrogen-bond acceptors (Lipinski definition) is 1. The number of guanidine groups is 1. The summed E-state index contributed by atoms with van der Waals surface area (Å²) in [6.45, 7) is 0.693. The summed E-state index contributed by atoms with van der Waals surface area (Å²) in [6.07, 6.45) is 0.848. The van der Waals surface area contributed by atoms with Gasteiger partial charge in [-0.25, -0.2) is 0 Å². The second kappa shape index (κ2) is 4.71. The van der Waals surface area contributed by atoms with Crippen molar-refractivity contribution < 1.29 is 0 Å². The van der Waals surface area contributed by atoms with Crippen LogP contribution in [0.1, 0.15) is 6.42 Å². The standard InChI is InChI=1S/C4H10ClN3/c5-2-1-3-8-4(6)7/h1-3H2,(H4,6,7,8). The Hall–Kier alpha value is -0.440. The number of nitrogens with two attached hydrogens (primary N) is 1. The lowest BCUT2D eigenvalue weighted by Gasteiger charge is -1.98. The van der Waals surface area contributed by atoms with Crippen molar-refractivity contribution >= 4 is 17.6 Å². The Morgan fingerprint density at radius 1 is 1.75 bits per heavy atom. The van der Waals surface area contributed by atoms with Crippen molar-refractivity contribution in [1.29, 1.82) is 5.41 Å². The molecule has 0 unspecified atom stereocenters. The lowest BCUT2D eigenvalue weighted by atomic mass is 10.5. The van der Waals surface area contributed by atoms with Crippen molar-refractivity contribution in [3.8, 4) is 0 Å². The van der Waals surface area contributed by atoms with E-state index in [2.05, 4.69) is 5.32 Å². The minimum absolute atomic E-state index is 0.00937. The molecule has 0 aromatic rings. The van der Waals surface area contributed by atoms with Gasteiger partial charge in [-0.05, 0) is 6.42 Å². The van der Waals surface area contributed by atoms with E-state index in [1.165, 1.54) is 0 Å². The van der Waals surface area contributed by atoms with Crippen molar-refractivity contribution in [3.63, 3.8) is 0 Å². The Morgan fingerprint density at radius 3 is 2.75 bits per heavy atom. The molecule has 0 aromatic carbocycles. The second-order valence-corrected chi connectivity index (χ2v) is 1.76. The Kier molecular flexibility index (Phi) is 4.45. The lowest BCUT2D eigenvalue weighted by molar-refractivity contribution is 0.834. The Bertz CT molecular complexity index is 73.7. The van der Waals surface area contributed by atoms with E-state index in [-0.39, 0.29) is 5.96 Å². The molecule has 0 saturated carbocycles. The van der Waals surface area contributed by atoms with E-state index in [4.69, 9.17) is 22.7 Å². The predicted octanol–water partition coefficient (Wildman–Crippen LogP) is 0.0984. The summed E-state index contributed by atoms with van der Waals surface area (Å²) < 4.78 is 0. The van der Waals surface area contributed by atoms with Gasteiger partial charge < -0.3 is 11.1 Å². The molecule has 0 rings (SSSR count). The molecule has 0 fully saturated rings. The molecule has 0 atom stereocenters. The third-order valence-corrected chi connectivity index (χ3v) is 0.893.